The predicted octanol–water partition coefficient (Wildman–Crippen LogP) is 3.78. The second-order valence-electron chi connectivity index (χ2n) is 10.6. The number of anilines is 1. The van der Waals surface area contributed by atoms with E-state index in [1.165, 1.54) is 0 Å². The number of nitrogens with zero attached hydrogens (tertiary/aromatic N) is 4. The number of pyridine rings is 3. The summed E-state index contributed by atoms with van der Waals surface area (Å²) in [7, 11) is -3.67. The van der Waals surface area contributed by atoms with Gasteiger partial charge >= 0.3 is 0 Å². The SMILES string of the molecule is CS(=O)(=O)c1cc(F)cc(C(=O)NCc2cc3nc(-c4cccc(N5CCC6(CC5)COC6)n4)ccc3cn2)c1. The van der Waals surface area contributed by atoms with Crippen LogP contribution >= 0.6 is 0 Å². The molecule has 1 aromatic carbocycles. The Labute approximate surface area is 231 Å². The van der Waals surface area contributed by atoms with E-state index < -0.39 is 21.6 Å². The molecule has 5 heterocycles. The summed E-state index contributed by atoms with van der Waals surface area (Å²) in [5, 5.41) is 3.51. The van der Waals surface area contributed by atoms with Gasteiger partial charge in [0.25, 0.3) is 5.91 Å². The van der Waals surface area contributed by atoms with Crippen molar-refractivity contribution in [3.63, 3.8) is 0 Å². The van der Waals surface area contributed by atoms with E-state index in [-0.39, 0.29) is 17.0 Å². The summed E-state index contributed by atoms with van der Waals surface area (Å²) in [6, 6.07) is 14.6. The standard InChI is InChI=1S/C29H28FN5O4S/c1-40(37,38)23-12-20(11-21(30)13-23)28(36)32-16-22-14-26-19(15-31-22)5-6-25(33-26)24-3-2-4-27(34-24)35-9-7-29(8-10-35)17-39-18-29/h2-6,11-15H,7-10,16-18H2,1H3,(H,32,36). The van der Waals surface area contributed by atoms with E-state index in [2.05, 4.69) is 15.2 Å². The van der Waals surface area contributed by atoms with Crippen molar-refractivity contribution in [2.24, 2.45) is 5.41 Å². The Bertz CT molecular complexity index is 1720. The van der Waals surface area contributed by atoms with E-state index in [4.69, 9.17) is 14.7 Å². The monoisotopic (exact) mass is 561 g/mol. The van der Waals surface area contributed by atoms with E-state index in [0.29, 0.717) is 16.6 Å². The second-order valence-corrected chi connectivity index (χ2v) is 12.6. The van der Waals surface area contributed by atoms with E-state index in [9.17, 15) is 17.6 Å². The minimum absolute atomic E-state index is 0.0562. The third-order valence-electron chi connectivity index (χ3n) is 7.58. The summed E-state index contributed by atoms with van der Waals surface area (Å²) in [5.74, 6) is -0.477. The highest BCUT2D eigenvalue weighted by Crippen LogP contribution is 2.39. The quantitative estimate of drug-likeness (QED) is 0.378. The third kappa shape index (κ3) is 5.39. The molecule has 4 aromatic rings. The van der Waals surface area contributed by atoms with Gasteiger partial charge in [-0.25, -0.2) is 22.8 Å². The molecule has 11 heteroatoms. The number of rotatable bonds is 6. The highest BCUT2D eigenvalue weighted by molar-refractivity contribution is 7.90. The first-order chi connectivity index (χ1) is 19.2. The molecule has 9 nitrogen and oxygen atoms in total. The summed E-state index contributed by atoms with van der Waals surface area (Å²) in [4.78, 5) is 28.8. The molecule has 1 amide bonds. The van der Waals surface area contributed by atoms with Gasteiger partial charge in [-0.2, -0.15) is 0 Å². The van der Waals surface area contributed by atoms with E-state index >= 15 is 0 Å². The Morgan fingerprint density at radius 3 is 2.55 bits per heavy atom. The molecule has 2 aliphatic heterocycles. The van der Waals surface area contributed by atoms with Crippen LogP contribution in [0.15, 0.2) is 65.7 Å². The molecule has 1 spiro atoms. The van der Waals surface area contributed by atoms with Crippen LogP contribution in [0, 0.1) is 11.2 Å². The van der Waals surface area contributed by atoms with Gasteiger partial charge in [0.15, 0.2) is 9.84 Å². The molecule has 2 fully saturated rings. The largest absolute Gasteiger partial charge is 0.380 e. The zero-order valence-corrected chi connectivity index (χ0v) is 22.7. The molecule has 2 saturated heterocycles. The number of hydrogen-bond donors (Lipinski definition) is 1. The van der Waals surface area contributed by atoms with Crippen molar-refractivity contribution in [1.29, 1.82) is 0 Å². The lowest BCUT2D eigenvalue weighted by Crippen LogP contribution is -2.51. The van der Waals surface area contributed by atoms with Crippen molar-refractivity contribution < 1.29 is 22.3 Å². The molecule has 2 aliphatic rings. The Kier molecular flexibility index (Phi) is 6.71. The lowest BCUT2D eigenvalue weighted by Gasteiger charge is -2.47. The van der Waals surface area contributed by atoms with Crippen LogP contribution in [0.3, 0.4) is 0 Å². The van der Waals surface area contributed by atoms with E-state index in [1.807, 2.05) is 30.3 Å². The summed E-state index contributed by atoms with van der Waals surface area (Å²) in [6.07, 6.45) is 4.85. The fourth-order valence-corrected chi connectivity index (χ4v) is 5.78. The number of amides is 1. The van der Waals surface area contributed by atoms with Gasteiger partial charge < -0.3 is 15.0 Å². The number of aromatic nitrogens is 3. The number of carbonyl (C=O) groups is 1. The second kappa shape index (κ2) is 10.2. The molecular formula is C29H28FN5O4S. The first-order valence-corrected chi connectivity index (χ1v) is 14.9. The summed E-state index contributed by atoms with van der Waals surface area (Å²) < 4.78 is 43.0. The minimum atomic E-state index is -3.67. The smallest absolute Gasteiger partial charge is 0.251 e. The number of ether oxygens (including phenoxy) is 1. The highest BCUT2D eigenvalue weighted by Gasteiger charge is 2.41. The molecule has 40 heavy (non-hydrogen) atoms. The zero-order chi connectivity index (χ0) is 27.9. The molecule has 0 atom stereocenters. The predicted molar refractivity (Wildman–Crippen MR) is 148 cm³/mol. The van der Waals surface area contributed by atoms with Crippen molar-refractivity contribution in [3.05, 3.63) is 77.9 Å². The van der Waals surface area contributed by atoms with Crippen LogP contribution in [0.25, 0.3) is 22.3 Å². The molecule has 1 N–H and O–H groups in total. The molecule has 0 unspecified atom stereocenters. The zero-order valence-electron chi connectivity index (χ0n) is 21.9. The van der Waals surface area contributed by atoms with Crippen LogP contribution in [0.2, 0.25) is 0 Å². The first kappa shape index (κ1) is 26.3. The molecule has 6 rings (SSSR count). The lowest BCUT2D eigenvalue weighted by molar-refractivity contribution is -0.124. The number of sulfone groups is 1. The average molecular weight is 562 g/mol. The Balaban J connectivity index is 1.18. The number of benzene rings is 1. The van der Waals surface area contributed by atoms with Gasteiger partial charge in [0.05, 0.1) is 47.3 Å². The van der Waals surface area contributed by atoms with Gasteiger partial charge in [0.2, 0.25) is 0 Å². The van der Waals surface area contributed by atoms with E-state index in [0.717, 1.165) is 86.2 Å². The molecule has 206 valence electrons. The van der Waals surface area contributed by atoms with E-state index in [1.54, 1.807) is 12.3 Å². The maximum Gasteiger partial charge on any atom is 0.251 e. The number of halogens is 1. The minimum Gasteiger partial charge on any atom is -0.380 e. The van der Waals surface area contributed by atoms with Gasteiger partial charge in [0.1, 0.15) is 11.6 Å². The van der Waals surface area contributed by atoms with Crippen LogP contribution < -0.4 is 10.2 Å². The molecule has 3 aromatic heterocycles. The van der Waals surface area contributed by atoms with Crippen LogP contribution in [0.4, 0.5) is 10.2 Å². The summed E-state index contributed by atoms with van der Waals surface area (Å²) >= 11 is 0. The maximum absolute atomic E-state index is 13.9. The van der Waals surface area contributed by atoms with Gasteiger partial charge in [-0.3, -0.25) is 9.78 Å². The van der Waals surface area contributed by atoms with Gasteiger partial charge in [-0.15, -0.1) is 0 Å². The lowest BCUT2D eigenvalue weighted by atomic mass is 9.77. The Hall–Kier alpha value is -3.96. The van der Waals surface area contributed by atoms with Crippen LogP contribution in [-0.2, 0) is 21.1 Å². The number of hydrogen-bond acceptors (Lipinski definition) is 8. The number of carbonyl (C=O) groups excluding carboxylic acids is 1. The number of piperidine rings is 1. The summed E-state index contributed by atoms with van der Waals surface area (Å²) in [6.45, 7) is 3.70. The number of nitrogens with one attached hydrogen (secondary N) is 1. The van der Waals surface area contributed by atoms with Crippen molar-refractivity contribution in [1.82, 2.24) is 20.3 Å². The van der Waals surface area contributed by atoms with Gasteiger partial charge in [-0.05, 0) is 61.4 Å². The molecule has 0 aliphatic carbocycles. The maximum atomic E-state index is 13.9. The Morgan fingerprint density at radius 2 is 1.82 bits per heavy atom. The number of fused-ring (bicyclic) bond motifs is 1. The molecule has 0 bridgehead atoms. The van der Waals surface area contributed by atoms with Crippen molar-refractivity contribution >= 4 is 32.5 Å². The third-order valence-corrected chi connectivity index (χ3v) is 8.68. The molecule has 0 radical (unpaired) electrons. The Morgan fingerprint density at radius 1 is 1.05 bits per heavy atom. The fourth-order valence-electron chi connectivity index (χ4n) is 5.11. The molecular weight excluding hydrogens is 533 g/mol. The van der Waals surface area contributed by atoms with Crippen LogP contribution in [-0.4, -0.2) is 61.8 Å². The van der Waals surface area contributed by atoms with Gasteiger partial charge in [-0.1, -0.05) is 6.07 Å². The van der Waals surface area contributed by atoms with Gasteiger partial charge in [0, 0.05) is 41.9 Å². The average Bonchev–Trinajstić information content (AvgIpc) is 2.94. The fraction of sp³-hybridized carbons (Fsp3) is 0.310. The van der Waals surface area contributed by atoms with Crippen LogP contribution in [0.5, 0.6) is 0 Å². The van der Waals surface area contributed by atoms with Crippen molar-refractivity contribution in [3.8, 4) is 11.4 Å². The molecule has 0 saturated carbocycles. The van der Waals surface area contributed by atoms with Crippen LogP contribution in [0.1, 0.15) is 28.9 Å². The normalized spacial score (nSPS) is 16.6. The highest BCUT2D eigenvalue weighted by atomic mass is 32.2. The van der Waals surface area contributed by atoms with Crippen molar-refractivity contribution in [2.75, 3.05) is 37.5 Å². The first-order valence-electron chi connectivity index (χ1n) is 13.0. The van der Waals surface area contributed by atoms with Crippen molar-refractivity contribution in [2.45, 2.75) is 24.3 Å². The topological polar surface area (TPSA) is 114 Å². The summed E-state index contributed by atoms with van der Waals surface area (Å²) in [5.41, 5.74) is 3.01.